The van der Waals surface area contributed by atoms with E-state index in [4.69, 9.17) is 31.5 Å². The van der Waals surface area contributed by atoms with Crippen LogP contribution < -0.4 is 16.4 Å². The lowest BCUT2D eigenvalue weighted by Gasteiger charge is -2.34. The van der Waals surface area contributed by atoms with Crippen molar-refractivity contribution >= 4 is 29.5 Å². The SMILES string of the molecule is CCOC(CN(C(=O)C(Cc1cccc(Cl)c1)NC(=O)C(CN)NC(=O)OCc1ccccc1)C(C)C)OCC. The summed E-state index contributed by atoms with van der Waals surface area (Å²) in [7, 11) is 0. The Hall–Kier alpha value is -3.18. The second kappa shape index (κ2) is 17.5. The van der Waals surface area contributed by atoms with Crippen molar-refractivity contribution < 1.29 is 28.6 Å². The van der Waals surface area contributed by atoms with Gasteiger partial charge in [-0.3, -0.25) is 9.59 Å². The fourth-order valence-corrected chi connectivity index (χ4v) is 4.16. The fourth-order valence-electron chi connectivity index (χ4n) is 3.95. The molecule has 0 aromatic heterocycles. The molecule has 0 radical (unpaired) electrons. The highest BCUT2D eigenvalue weighted by molar-refractivity contribution is 6.30. The number of carbonyl (C=O) groups is 3. The van der Waals surface area contributed by atoms with Gasteiger partial charge in [0, 0.05) is 37.2 Å². The maximum Gasteiger partial charge on any atom is 0.408 e. The van der Waals surface area contributed by atoms with Crippen LogP contribution in [0.1, 0.15) is 38.8 Å². The summed E-state index contributed by atoms with van der Waals surface area (Å²) in [5.41, 5.74) is 7.36. The number of halogens is 1. The van der Waals surface area contributed by atoms with Crippen molar-refractivity contribution in [3.63, 3.8) is 0 Å². The van der Waals surface area contributed by atoms with E-state index in [0.29, 0.717) is 18.2 Å². The Labute approximate surface area is 241 Å². The highest BCUT2D eigenvalue weighted by atomic mass is 35.5. The van der Waals surface area contributed by atoms with Crippen LogP contribution in [0.5, 0.6) is 0 Å². The number of hydrogen-bond donors (Lipinski definition) is 3. The fraction of sp³-hybridized carbons (Fsp3) is 0.483. The summed E-state index contributed by atoms with van der Waals surface area (Å²) in [5.74, 6) is -0.954. The second-order valence-corrected chi connectivity index (χ2v) is 9.75. The van der Waals surface area contributed by atoms with Gasteiger partial charge in [-0.1, -0.05) is 54.1 Å². The quantitative estimate of drug-likeness (QED) is 0.261. The molecular weight excluding hydrogens is 536 g/mol. The minimum atomic E-state index is -1.12. The van der Waals surface area contributed by atoms with Crippen molar-refractivity contribution in [1.82, 2.24) is 15.5 Å². The van der Waals surface area contributed by atoms with Gasteiger partial charge in [0.2, 0.25) is 11.8 Å². The number of alkyl carbamates (subject to hydrolysis) is 1. The molecule has 2 aromatic rings. The number of nitrogens with one attached hydrogen (secondary N) is 2. The van der Waals surface area contributed by atoms with Gasteiger partial charge < -0.3 is 35.5 Å². The van der Waals surface area contributed by atoms with Gasteiger partial charge in [-0.15, -0.1) is 0 Å². The van der Waals surface area contributed by atoms with E-state index >= 15 is 0 Å². The van der Waals surface area contributed by atoms with Gasteiger partial charge in [0.25, 0.3) is 0 Å². The number of rotatable bonds is 16. The van der Waals surface area contributed by atoms with Gasteiger partial charge in [0.15, 0.2) is 6.29 Å². The average Bonchev–Trinajstić information content (AvgIpc) is 2.93. The van der Waals surface area contributed by atoms with Crippen LogP contribution in [-0.4, -0.2) is 73.5 Å². The molecule has 3 amide bonds. The molecule has 2 aromatic carbocycles. The average molecular weight is 577 g/mol. The van der Waals surface area contributed by atoms with Crippen molar-refractivity contribution in [2.24, 2.45) is 5.73 Å². The molecule has 0 saturated heterocycles. The van der Waals surface area contributed by atoms with Crippen molar-refractivity contribution in [1.29, 1.82) is 0 Å². The van der Waals surface area contributed by atoms with Gasteiger partial charge >= 0.3 is 6.09 Å². The Bertz CT molecular complexity index is 1070. The summed E-state index contributed by atoms with van der Waals surface area (Å²) in [6.45, 7) is 8.28. The maximum absolute atomic E-state index is 13.9. The van der Waals surface area contributed by atoms with Crippen molar-refractivity contribution in [3.05, 3.63) is 70.7 Å². The van der Waals surface area contributed by atoms with Crippen molar-refractivity contribution in [2.75, 3.05) is 26.3 Å². The lowest BCUT2D eigenvalue weighted by Crippen LogP contribution is -2.58. The van der Waals surface area contributed by atoms with Crippen molar-refractivity contribution in [2.45, 2.75) is 65.1 Å². The Morgan fingerprint density at radius 1 is 0.925 bits per heavy atom. The van der Waals surface area contributed by atoms with E-state index in [2.05, 4.69) is 10.6 Å². The summed E-state index contributed by atoms with van der Waals surface area (Å²) in [4.78, 5) is 41.1. The van der Waals surface area contributed by atoms with Crippen LogP contribution >= 0.6 is 11.6 Å². The highest BCUT2D eigenvalue weighted by Gasteiger charge is 2.32. The molecule has 2 unspecified atom stereocenters. The minimum absolute atomic E-state index is 0.0334. The number of ether oxygens (including phenoxy) is 3. The Kier molecular flexibility index (Phi) is 14.4. The zero-order chi connectivity index (χ0) is 29.5. The van der Waals surface area contributed by atoms with E-state index in [1.807, 2.05) is 64.1 Å². The van der Waals surface area contributed by atoms with E-state index < -0.39 is 30.4 Å². The van der Waals surface area contributed by atoms with Gasteiger partial charge in [-0.2, -0.15) is 0 Å². The Balaban J connectivity index is 2.20. The monoisotopic (exact) mass is 576 g/mol. The van der Waals surface area contributed by atoms with Crippen LogP contribution in [0.4, 0.5) is 4.79 Å². The molecule has 11 heteroatoms. The summed E-state index contributed by atoms with van der Waals surface area (Å²) in [6, 6.07) is 13.9. The number of nitrogens with zero attached hydrogens (tertiary/aromatic N) is 1. The van der Waals surface area contributed by atoms with Crippen LogP contribution in [0.2, 0.25) is 5.02 Å². The van der Waals surface area contributed by atoms with Gasteiger partial charge in [-0.05, 0) is 51.0 Å². The first-order valence-electron chi connectivity index (χ1n) is 13.4. The third kappa shape index (κ3) is 11.1. The molecule has 0 saturated carbocycles. The van der Waals surface area contributed by atoms with Crippen LogP contribution in [0.15, 0.2) is 54.6 Å². The summed E-state index contributed by atoms with van der Waals surface area (Å²) >= 11 is 6.18. The maximum atomic E-state index is 13.9. The van der Waals surface area contributed by atoms with Gasteiger partial charge in [-0.25, -0.2) is 4.79 Å². The zero-order valence-electron chi connectivity index (χ0n) is 23.6. The van der Waals surface area contributed by atoms with Crippen LogP contribution in [0.25, 0.3) is 0 Å². The third-order valence-electron chi connectivity index (χ3n) is 5.96. The number of carbonyl (C=O) groups excluding carboxylic acids is 3. The molecule has 0 aliphatic carbocycles. The molecule has 220 valence electrons. The third-order valence-corrected chi connectivity index (χ3v) is 6.19. The lowest BCUT2D eigenvalue weighted by atomic mass is 10.0. The molecule has 0 aliphatic rings. The molecule has 0 aliphatic heterocycles. The highest BCUT2D eigenvalue weighted by Crippen LogP contribution is 2.15. The first kappa shape index (κ1) is 33.0. The first-order valence-corrected chi connectivity index (χ1v) is 13.8. The van der Waals surface area contributed by atoms with Crippen LogP contribution in [-0.2, 0) is 36.8 Å². The predicted molar refractivity (Wildman–Crippen MR) is 154 cm³/mol. The Morgan fingerprint density at radius 2 is 1.57 bits per heavy atom. The molecule has 40 heavy (non-hydrogen) atoms. The van der Waals surface area contributed by atoms with Gasteiger partial charge in [0.1, 0.15) is 18.7 Å². The van der Waals surface area contributed by atoms with Crippen molar-refractivity contribution in [3.8, 4) is 0 Å². The summed E-state index contributed by atoms with van der Waals surface area (Å²) in [6.07, 6.45) is -1.26. The second-order valence-electron chi connectivity index (χ2n) is 9.31. The standard InChI is InChI=1S/C29H41ClN4O6/c1-5-38-26(39-6-2)18-34(20(3)4)28(36)24(16-22-13-10-14-23(30)15-22)32-27(35)25(17-31)33-29(37)40-19-21-11-8-7-9-12-21/h7-15,20,24-26H,5-6,16-19,31H2,1-4H3,(H,32,35)(H,33,37). The topological polar surface area (TPSA) is 132 Å². The number of hydrogen-bond acceptors (Lipinski definition) is 7. The zero-order valence-corrected chi connectivity index (χ0v) is 24.4. The molecule has 0 fully saturated rings. The number of nitrogens with two attached hydrogens (primary N) is 1. The largest absolute Gasteiger partial charge is 0.445 e. The molecule has 0 spiro atoms. The molecule has 0 bridgehead atoms. The van der Waals surface area contributed by atoms with E-state index in [1.54, 1.807) is 23.1 Å². The summed E-state index contributed by atoms with van der Waals surface area (Å²) in [5, 5.41) is 5.78. The molecule has 10 nitrogen and oxygen atoms in total. The number of amides is 3. The van der Waals surface area contributed by atoms with E-state index in [0.717, 1.165) is 11.1 Å². The summed E-state index contributed by atoms with van der Waals surface area (Å²) < 4.78 is 16.6. The molecule has 4 N–H and O–H groups in total. The van der Waals surface area contributed by atoms with E-state index in [9.17, 15) is 14.4 Å². The smallest absolute Gasteiger partial charge is 0.408 e. The van der Waals surface area contributed by atoms with E-state index in [-0.39, 0.29) is 38.1 Å². The Morgan fingerprint density at radius 3 is 2.15 bits per heavy atom. The minimum Gasteiger partial charge on any atom is -0.445 e. The van der Waals surface area contributed by atoms with Gasteiger partial charge in [0.05, 0.1) is 6.54 Å². The molecule has 2 rings (SSSR count). The lowest BCUT2D eigenvalue weighted by molar-refractivity contribution is -0.163. The van der Waals surface area contributed by atoms with Crippen LogP contribution in [0, 0.1) is 0 Å². The normalized spacial score (nSPS) is 12.6. The first-order chi connectivity index (χ1) is 19.2. The van der Waals surface area contributed by atoms with Crippen LogP contribution in [0.3, 0.4) is 0 Å². The molecular formula is C29H41ClN4O6. The predicted octanol–water partition coefficient (Wildman–Crippen LogP) is 3.26. The number of benzene rings is 2. The molecule has 0 heterocycles. The molecule has 2 atom stereocenters. The van der Waals surface area contributed by atoms with E-state index in [1.165, 1.54) is 0 Å².